The second-order valence-corrected chi connectivity index (χ2v) is 11.6. The van der Waals surface area contributed by atoms with E-state index in [4.69, 9.17) is 58.0 Å². The van der Waals surface area contributed by atoms with Crippen molar-refractivity contribution in [3.63, 3.8) is 0 Å². The summed E-state index contributed by atoms with van der Waals surface area (Å²) in [6.07, 6.45) is 0. The number of nitrogens with zero attached hydrogens (tertiary/aromatic N) is 1. The van der Waals surface area contributed by atoms with Gasteiger partial charge < -0.3 is 0 Å². The summed E-state index contributed by atoms with van der Waals surface area (Å²) >= 11 is 28.8. The Hall–Kier alpha value is 1.64. The third-order valence-electron chi connectivity index (χ3n) is 2.03. The summed E-state index contributed by atoms with van der Waals surface area (Å²) in [5.74, 6) is 0. The van der Waals surface area contributed by atoms with Crippen LogP contribution in [0.3, 0.4) is 0 Å². The Morgan fingerprint density at radius 2 is 1.31 bits per heavy atom. The lowest BCUT2D eigenvalue weighted by Gasteiger charge is -2.41. The molecule has 0 saturated heterocycles. The van der Waals surface area contributed by atoms with Gasteiger partial charge in [-0.2, -0.15) is 0 Å². The van der Waals surface area contributed by atoms with Crippen molar-refractivity contribution < 1.29 is 4.57 Å². The van der Waals surface area contributed by atoms with Crippen molar-refractivity contribution in [3.05, 3.63) is 0 Å². The highest BCUT2D eigenvalue weighted by molar-refractivity contribution is 7.73. The van der Waals surface area contributed by atoms with Crippen LogP contribution in [0.15, 0.2) is 0 Å². The lowest BCUT2D eigenvalue weighted by molar-refractivity contribution is 0.299. The van der Waals surface area contributed by atoms with Crippen LogP contribution in [0.4, 0.5) is 0 Å². The van der Waals surface area contributed by atoms with Crippen molar-refractivity contribution in [1.29, 1.82) is 0 Å². The van der Waals surface area contributed by atoms with Crippen LogP contribution in [-0.2, 0) is 4.57 Å². The third-order valence-corrected chi connectivity index (χ3v) is 8.66. The molecular weight excluding hydrogens is 334 g/mol. The van der Waals surface area contributed by atoms with Crippen LogP contribution in [0.5, 0.6) is 0 Å². The maximum absolute atomic E-state index is 12.8. The van der Waals surface area contributed by atoms with Crippen LogP contribution >= 0.6 is 65.3 Å². The molecule has 0 aliphatic carbocycles. The van der Waals surface area contributed by atoms with Gasteiger partial charge in [-0.25, -0.2) is 4.67 Å². The van der Waals surface area contributed by atoms with Crippen molar-refractivity contribution >= 4 is 65.3 Å². The first-order valence-electron chi connectivity index (χ1n) is 4.69. The van der Waals surface area contributed by atoms with E-state index < -0.39 is 15.4 Å². The molecule has 16 heavy (non-hydrogen) atoms. The van der Waals surface area contributed by atoms with Gasteiger partial charge in [-0.05, 0) is 27.7 Å². The van der Waals surface area contributed by atoms with Gasteiger partial charge in [0, 0.05) is 12.1 Å². The standard InChI is InChI=1S/C8H15Cl5NOP/c1-5(2)14(6(3)4)16(15,7(9)10)8(11,12)13/h5-7H,1-4H3/t16-/m1/s1. The predicted molar refractivity (Wildman–Crippen MR) is 75.5 cm³/mol. The molecule has 2 nitrogen and oxygen atoms in total. The lowest BCUT2D eigenvalue weighted by atomic mass is 10.3. The molecule has 0 radical (unpaired) electrons. The van der Waals surface area contributed by atoms with E-state index in [9.17, 15) is 4.57 Å². The smallest absolute Gasteiger partial charge is 0.258 e. The Morgan fingerprint density at radius 1 is 1.00 bits per heavy atom. The monoisotopic (exact) mass is 347 g/mol. The molecule has 0 aromatic carbocycles. The van der Waals surface area contributed by atoms with Gasteiger partial charge in [0.15, 0.2) is 4.58 Å². The Labute approximate surface area is 122 Å². The fourth-order valence-electron chi connectivity index (χ4n) is 1.62. The summed E-state index contributed by atoms with van der Waals surface area (Å²) in [5.41, 5.74) is 0. The van der Waals surface area contributed by atoms with E-state index in [1.165, 1.54) is 0 Å². The topological polar surface area (TPSA) is 20.3 Å². The Morgan fingerprint density at radius 3 is 1.38 bits per heavy atom. The van der Waals surface area contributed by atoms with Crippen molar-refractivity contribution in [2.24, 2.45) is 0 Å². The highest BCUT2D eigenvalue weighted by Crippen LogP contribution is 2.73. The normalized spacial score (nSPS) is 17.6. The third kappa shape index (κ3) is 3.57. The molecule has 0 bridgehead atoms. The van der Waals surface area contributed by atoms with Gasteiger partial charge in [0.05, 0.1) is 0 Å². The first-order chi connectivity index (χ1) is 6.96. The van der Waals surface area contributed by atoms with Gasteiger partial charge in [0.1, 0.15) is 0 Å². The van der Waals surface area contributed by atoms with Gasteiger partial charge in [-0.1, -0.05) is 58.0 Å². The molecular formula is C8H15Cl5NOP. The van der Waals surface area contributed by atoms with Gasteiger partial charge in [-0.15, -0.1) is 0 Å². The Kier molecular flexibility index (Phi) is 6.83. The van der Waals surface area contributed by atoms with Gasteiger partial charge in [-0.3, -0.25) is 4.57 Å². The fourth-order valence-corrected chi connectivity index (χ4v) is 7.73. The largest absolute Gasteiger partial charge is 0.299 e. The number of halogens is 5. The Balaban J connectivity index is 5.60. The van der Waals surface area contributed by atoms with E-state index in [0.717, 1.165) is 0 Å². The van der Waals surface area contributed by atoms with E-state index in [1.54, 1.807) is 4.67 Å². The van der Waals surface area contributed by atoms with Crippen LogP contribution in [0, 0.1) is 0 Å². The molecule has 0 amide bonds. The highest BCUT2D eigenvalue weighted by Gasteiger charge is 2.54. The van der Waals surface area contributed by atoms with Crippen LogP contribution in [-0.4, -0.2) is 24.9 Å². The molecule has 1 atom stereocenters. The van der Waals surface area contributed by atoms with E-state index in [-0.39, 0.29) is 12.1 Å². The minimum atomic E-state index is -3.54. The minimum Gasteiger partial charge on any atom is -0.299 e. The second-order valence-electron chi connectivity index (χ2n) is 3.94. The second kappa shape index (κ2) is 6.19. The molecule has 0 unspecified atom stereocenters. The molecule has 0 spiro atoms. The highest BCUT2D eigenvalue weighted by atomic mass is 35.6. The SMILES string of the molecule is CC(C)N(C(C)C)[P@@](=O)(C(Cl)Cl)C(Cl)(Cl)Cl. The molecule has 0 aliphatic rings. The van der Waals surface area contributed by atoms with Gasteiger partial charge >= 0.3 is 0 Å². The zero-order chi connectivity index (χ0) is 13.3. The van der Waals surface area contributed by atoms with Crippen LogP contribution in [0.25, 0.3) is 0 Å². The van der Waals surface area contributed by atoms with Crippen LogP contribution in [0.1, 0.15) is 27.7 Å². The molecule has 0 aromatic heterocycles. The lowest BCUT2D eigenvalue weighted by Crippen LogP contribution is -2.39. The van der Waals surface area contributed by atoms with Gasteiger partial charge in [0.2, 0.25) is 7.29 Å². The predicted octanol–water partition coefficient (Wildman–Crippen LogP) is 5.47. The molecule has 0 N–H and O–H groups in total. The van der Waals surface area contributed by atoms with Crippen molar-refractivity contribution in [1.82, 2.24) is 4.67 Å². The van der Waals surface area contributed by atoms with Gasteiger partial charge in [0.25, 0.3) is 3.53 Å². The number of hydrogen-bond donors (Lipinski definition) is 0. The summed E-state index contributed by atoms with van der Waals surface area (Å²) in [5, 5.41) is 0. The van der Waals surface area contributed by atoms with Crippen molar-refractivity contribution in [2.75, 3.05) is 0 Å². The molecule has 8 heteroatoms. The average molecular weight is 349 g/mol. The number of alkyl halides is 5. The zero-order valence-electron chi connectivity index (χ0n) is 9.42. The van der Waals surface area contributed by atoms with Crippen LogP contribution < -0.4 is 0 Å². The summed E-state index contributed by atoms with van der Waals surface area (Å²) in [7, 11) is -3.54. The summed E-state index contributed by atoms with van der Waals surface area (Å²) < 4.78 is 11.1. The molecule has 0 heterocycles. The summed E-state index contributed by atoms with van der Waals surface area (Å²) in [4.78, 5) is 0. The number of hydrogen-bond acceptors (Lipinski definition) is 1. The summed E-state index contributed by atoms with van der Waals surface area (Å²) in [6.45, 7) is 7.39. The maximum Gasteiger partial charge on any atom is 0.258 e. The summed E-state index contributed by atoms with van der Waals surface area (Å²) in [6, 6.07) is -0.192. The molecule has 0 aromatic rings. The van der Waals surface area contributed by atoms with E-state index in [0.29, 0.717) is 0 Å². The average Bonchev–Trinajstić information content (AvgIpc) is 1.99. The van der Waals surface area contributed by atoms with E-state index >= 15 is 0 Å². The molecule has 0 saturated carbocycles. The first-order valence-corrected chi connectivity index (χ1v) is 8.43. The Bertz CT molecular complexity index is 268. The number of rotatable bonds is 4. The zero-order valence-corrected chi connectivity index (χ0v) is 14.1. The van der Waals surface area contributed by atoms with Crippen molar-refractivity contribution in [3.8, 4) is 0 Å². The van der Waals surface area contributed by atoms with E-state index in [2.05, 4.69) is 0 Å². The molecule has 98 valence electrons. The van der Waals surface area contributed by atoms with E-state index in [1.807, 2.05) is 27.7 Å². The van der Waals surface area contributed by atoms with Crippen molar-refractivity contribution in [2.45, 2.75) is 47.9 Å². The maximum atomic E-state index is 12.8. The fraction of sp³-hybridized carbons (Fsp3) is 1.00. The molecule has 0 aliphatic heterocycles. The first kappa shape index (κ1) is 17.6. The minimum absolute atomic E-state index is 0.0959. The van der Waals surface area contributed by atoms with Crippen LogP contribution in [0.2, 0.25) is 0 Å². The quantitative estimate of drug-likeness (QED) is 0.495. The molecule has 0 fully saturated rings. The molecule has 0 rings (SSSR count).